The minimum Gasteiger partial charge on any atom is -0.380 e. The van der Waals surface area contributed by atoms with Gasteiger partial charge >= 0.3 is 0 Å². The molecule has 3 atom stereocenters. The highest BCUT2D eigenvalue weighted by Crippen LogP contribution is 2.56. The number of aliphatic hydroxyl groups is 1. The molecule has 1 amide bonds. The van der Waals surface area contributed by atoms with Crippen molar-refractivity contribution in [2.45, 2.75) is 57.2 Å². The van der Waals surface area contributed by atoms with Gasteiger partial charge in [0.15, 0.2) is 0 Å². The van der Waals surface area contributed by atoms with E-state index in [-0.39, 0.29) is 36.1 Å². The fourth-order valence-corrected chi connectivity index (χ4v) is 5.86. The Morgan fingerprint density at radius 1 is 1.19 bits per heavy atom. The molecule has 36 heavy (non-hydrogen) atoms. The topological polar surface area (TPSA) is 86.7 Å². The second kappa shape index (κ2) is 9.42. The average Bonchev–Trinajstić information content (AvgIpc) is 3.54. The first-order valence-corrected chi connectivity index (χ1v) is 13.3. The number of carbonyl (C=O) groups is 1. The van der Waals surface area contributed by atoms with E-state index >= 15 is 4.39 Å². The number of carbonyl (C=O) groups excluding carboxylic acids is 1. The van der Waals surface area contributed by atoms with Gasteiger partial charge in [-0.2, -0.15) is 0 Å². The lowest BCUT2D eigenvalue weighted by molar-refractivity contribution is -0.151. The summed E-state index contributed by atoms with van der Waals surface area (Å²) in [6.07, 6.45) is 1.08. The summed E-state index contributed by atoms with van der Waals surface area (Å²) >= 11 is 0. The van der Waals surface area contributed by atoms with E-state index in [4.69, 9.17) is 0 Å². The number of likely N-dealkylation sites (tertiary alicyclic amines) is 1. The van der Waals surface area contributed by atoms with Gasteiger partial charge in [-0.25, -0.2) is 30.7 Å². The fraction of sp³-hybridized carbons (Fsp3) is 0.480. The van der Waals surface area contributed by atoms with Crippen LogP contribution in [0.5, 0.6) is 0 Å². The molecule has 2 aromatic rings. The van der Waals surface area contributed by atoms with Crippen molar-refractivity contribution in [1.82, 2.24) is 9.62 Å². The fourth-order valence-electron chi connectivity index (χ4n) is 5.01. The Bertz CT molecular complexity index is 1260. The maximum Gasteiger partial charge on any atom is 0.254 e. The molecule has 3 unspecified atom stereocenters. The lowest BCUT2D eigenvalue weighted by atomic mass is 9.91. The predicted molar refractivity (Wildman–Crippen MR) is 125 cm³/mol. The van der Waals surface area contributed by atoms with Crippen molar-refractivity contribution < 1.29 is 35.9 Å². The van der Waals surface area contributed by atoms with Crippen LogP contribution in [0.15, 0.2) is 36.4 Å². The molecule has 0 aromatic heterocycles. The maximum absolute atomic E-state index is 15.6. The molecule has 6 nitrogen and oxygen atoms in total. The number of hydrogen-bond donors (Lipinski definition) is 2. The van der Waals surface area contributed by atoms with E-state index in [9.17, 15) is 31.5 Å². The average molecular weight is 529 g/mol. The Morgan fingerprint density at radius 3 is 2.39 bits per heavy atom. The number of halogens is 4. The van der Waals surface area contributed by atoms with Gasteiger partial charge in [0.1, 0.15) is 23.1 Å². The number of benzene rings is 2. The molecular weight excluding hydrogens is 500 g/mol. The SMILES string of the molecule is CCC(C)(O)C(=O)N1CC2(CC2)C(NS(=O)(=O)CF)C1Cc1cccc(-c2cc(F)cc(F)c2)c1F. The molecular formula is C25H28F4N2O4S. The molecule has 1 aliphatic carbocycles. The lowest BCUT2D eigenvalue weighted by Gasteiger charge is -2.33. The second-order valence-electron chi connectivity index (χ2n) is 9.95. The monoisotopic (exact) mass is 528 g/mol. The third-order valence-corrected chi connectivity index (χ3v) is 8.26. The lowest BCUT2D eigenvalue weighted by Crippen LogP contribution is -2.54. The van der Waals surface area contributed by atoms with E-state index in [1.807, 2.05) is 0 Å². The van der Waals surface area contributed by atoms with Gasteiger partial charge < -0.3 is 10.0 Å². The molecule has 1 aliphatic heterocycles. The first kappa shape index (κ1) is 26.6. The van der Waals surface area contributed by atoms with Crippen LogP contribution in [0.2, 0.25) is 0 Å². The number of rotatable bonds is 8. The molecule has 2 aliphatic rings. The minimum atomic E-state index is -4.31. The molecule has 0 bridgehead atoms. The highest BCUT2D eigenvalue weighted by Gasteiger charge is 2.62. The van der Waals surface area contributed by atoms with Crippen LogP contribution in [0.3, 0.4) is 0 Å². The zero-order valence-corrected chi connectivity index (χ0v) is 20.7. The van der Waals surface area contributed by atoms with Crippen molar-refractivity contribution in [3.63, 3.8) is 0 Å². The van der Waals surface area contributed by atoms with E-state index < -0.39 is 62.5 Å². The van der Waals surface area contributed by atoms with Crippen LogP contribution in [0.25, 0.3) is 11.1 Å². The molecule has 1 saturated heterocycles. The first-order valence-electron chi connectivity index (χ1n) is 11.7. The summed E-state index contributed by atoms with van der Waals surface area (Å²) in [5.74, 6) is -3.16. The van der Waals surface area contributed by atoms with Gasteiger partial charge in [-0.05, 0) is 55.9 Å². The summed E-state index contributed by atoms with van der Waals surface area (Å²) < 4.78 is 83.1. The smallest absolute Gasteiger partial charge is 0.254 e. The summed E-state index contributed by atoms with van der Waals surface area (Å²) in [7, 11) is -4.31. The minimum absolute atomic E-state index is 0.0199. The van der Waals surface area contributed by atoms with Crippen molar-refractivity contribution >= 4 is 15.9 Å². The molecule has 2 fully saturated rings. The molecule has 2 N–H and O–H groups in total. The van der Waals surface area contributed by atoms with E-state index in [1.165, 1.54) is 30.0 Å². The van der Waals surface area contributed by atoms with E-state index in [0.29, 0.717) is 18.9 Å². The molecule has 1 spiro atoms. The summed E-state index contributed by atoms with van der Waals surface area (Å²) in [5.41, 5.74) is -2.38. The Hall–Kier alpha value is -2.50. The Balaban J connectivity index is 1.76. The molecule has 4 rings (SSSR count). The third kappa shape index (κ3) is 5.01. The van der Waals surface area contributed by atoms with Crippen LogP contribution >= 0.6 is 0 Å². The summed E-state index contributed by atoms with van der Waals surface area (Å²) in [5, 5.41) is 10.7. The van der Waals surface area contributed by atoms with Crippen molar-refractivity contribution in [3.05, 3.63) is 59.4 Å². The number of nitrogens with zero attached hydrogens (tertiary/aromatic N) is 1. The van der Waals surface area contributed by atoms with Crippen LogP contribution in [0.1, 0.15) is 38.7 Å². The van der Waals surface area contributed by atoms with E-state index in [1.54, 1.807) is 6.92 Å². The normalized spacial score (nSPS) is 22.6. The highest BCUT2D eigenvalue weighted by molar-refractivity contribution is 7.89. The summed E-state index contributed by atoms with van der Waals surface area (Å²) in [4.78, 5) is 14.6. The maximum atomic E-state index is 15.6. The van der Waals surface area contributed by atoms with Crippen LogP contribution in [0, 0.1) is 22.9 Å². The van der Waals surface area contributed by atoms with Gasteiger partial charge in [-0.15, -0.1) is 0 Å². The van der Waals surface area contributed by atoms with Crippen LogP contribution in [-0.2, 0) is 21.2 Å². The van der Waals surface area contributed by atoms with Gasteiger partial charge in [0.25, 0.3) is 5.91 Å². The van der Waals surface area contributed by atoms with Crippen molar-refractivity contribution in [2.24, 2.45) is 5.41 Å². The highest BCUT2D eigenvalue weighted by atomic mass is 32.2. The second-order valence-corrected chi connectivity index (χ2v) is 11.6. The largest absolute Gasteiger partial charge is 0.380 e. The Labute approximate surface area is 207 Å². The number of hydrogen-bond acceptors (Lipinski definition) is 4. The standard InChI is InChI=1S/C25H28F4N2O4S/c1-3-24(2,33)23(32)31-13-25(7-8-25)22(30-36(34,35)14-26)20(31)11-15-5-4-6-19(21(15)29)16-9-17(27)12-18(28)10-16/h4-6,9-10,12,20,22,30,33H,3,7-8,11,13-14H2,1-2H3. The zero-order valence-electron chi connectivity index (χ0n) is 19.9. The molecule has 196 valence electrons. The third-order valence-electron chi connectivity index (χ3n) is 7.36. The van der Waals surface area contributed by atoms with Gasteiger partial charge in [0, 0.05) is 29.6 Å². The van der Waals surface area contributed by atoms with Crippen LogP contribution < -0.4 is 4.72 Å². The molecule has 1 saturated carbocycles. The number of alkyl halides is 1. The van der Waals surface area contributed by atoms with E-state index in [0.717, 1.165) is 12.1 Å². The van der Waals surface area contributed by atoms with Crippen molar-refractivity contribution in [2.75, 3.05) is 12.6 Å². The Kier molecular flexibility index (Phi) is 6.95. The molecule has 2 aromatic carbocycles. The Morgan fingerprint density at radius 2 is 1.83 bits per heavy atom. The zero-order chi connectivity index (χ0) is 26.5. The van der Waals surface area contributed by atoms with E-state index in [2.05, 4.69) is 4.72 Å². The first-order chi connectivity index (χ1) is 16.8. The van der Waals surface area contributed by atoms with Crippen LogP contribution in [0.4, 0.5) is 17.6 Å². The van der Waals surface area contributed by atoms with Gasteiger partial charge in [0.2, 0.25) is 16.0 Å². The number of sulfonamides is 1. The summed E-state index contributed by atoms with van der Waals surface area (Å²) in [6, 6.07) is 3.47. The van der Waals surface area contributed by atoms with Gasteiger partial charge in [0.05, 0.1) is 6.04 Å². The van der Waals surface area contributed by atoms with Crippen LogP contribution in [-0.4, -0.2) is 54.6 Å². The molecule has 0 radical (unpaired) electrons. The number of amides is 1. The number of nitrogens with one attached hydrogen (secondary N) is 1. The van der Waals surface area contributed by atoms with Gasteiger partial charge in [-0.3, -0.25) is 4.79 Å². The van der Waals surface area contributed by atoms with Gasteiger partial charge in [-0.1, -0.05) is 25.1 Å². The summed E-state index contributed by atoms with van der Waals surface area (Å²) in [6.45, 7) is 3.10. The molecule has 1 heterocycles. The van der Waals surface area contributed by atoms with Crippen molar-refractivity contribution in [3.8, 4) is 11.1 Å². The quantitative estimate of drug-likeness (QED) is 0.512. The van der Waals surface area contributed by atoms with Crippen molar-refractivity contribution in [1.29, 1.82) is 0 Å². The predicted octanol–water partition coefficient (Wildman–Crippen LogP) is 3.68. The molecule has 11 heteroatoms.